The summed E-state index contributed by atoms with van der Waals surface area (Å²) in [5, 5.41) is 35.2. The summed E-state index contributed by atoms with van der Waals surface area (Å²) < 4.78 is 130. The van der Waals surface area contributed by atoms with Gasteiger partial charge in [-0.05, 0) is 47.1 Å². The molecule has 540 valence electrons. The molecular weight excluding hydrogens is 1240 g/mol. The van der Waals surface area contributed by atoms with Gasteiger partial charge in [-0.1, -0.05) is 30.3 Å². The Kier molecular flexibility index (Phi) is 58.4. The van der Waals surface area contributed by atoms with Gasteiger partial charge in [0.05, 0.1) is 277 Å². The number of benzene rings is 2. The van der Waals surface area contributed by atoms with Crippen LogP contribution in [0.1, 0.15) is 11.1 Å². The Balaban J connectivity index is 1.64. The molecule has 0 spiro atoms. The molecule has 0 bridgehead atoms. The number of ether oxygens (including phenoxy) is 20. The maximum absolute atomic E-state index is 16.0. The van der Waals surface area contributed by atoms with Gasteiger partial charge in [-0.25, -0.2) is 8.97 Å². The van der Waals surface area contributed by atoms with Gasteiger partial charge < -0.3 is 120 Å². The van der Waals surface area contributed by atoms with E-state index in [1.54, 1.807) is 12.1 Å². The largest absolute Gasteiger partial charge is 0.394 e. The van der Waals surface area contributed by atoms with Crippen molar-refractivity contribution in [2.75, 3.05) is 322 Å². The summed E-state index contributed by atoms with van der Waals surface area (Å²) in [7, 11) is 0. The van der Waals surface area contributed by atoms with Gasteiger partial charge in [0.1, 0.15) is 19.0 Å². The highest BCUT2D eigenvalue weighted by atomic mass is 19.1. The van der Waals surface area contributed by atoms with Crippen LogP contribution in [0, 0.1) is 5.82 Å². The molecule has 1 aliphatic carbocycles. The lowest BCUT2D eigenvalue weighted by atomic mass is 9.90. The van der Waals surface area contributed by atoms with Crippen molar-refractivity contribution in [3.05, 3.63) is 95.4 Å². The third-order valence-corrected chi connectivity index (χ3v) is 13.1. The Bertz CT molecular complexity index is 2040. The van der Waals surface area contributed by atoms with Gasteiger partial charge in [-0.3, -0.25) is 0 Å². The molecule has 2 aromatic rings. The highest BCUT2D eigenvalue weighted by Crippen LogP contribution is 2.32. The maximum atomic E-state index is 16.0. The summed E-state index contributed by atoms with van der Waals surface area (Å²) in [6.45, 7) is 18.8. The average Bonchev–Trinajstić information content (AvgIpc) is 0.804. The van der Waals surface area contributed by atoms with E-state index in [0.29, 0.717) is 296 Å². The number of anilines is 1. The lowest BCUT2D eigenvalue weighted by Crippen LogP contribution is -2.31. The predicted octanol–water partition coefficient (Wildman–Crippen LogP) is 2.31. The number of aliphatic hydroxyl groups is 4. The molecule has 0 amide bonds. The molecule has 27 heteroatoms. The lowest BCUT2D eigenvalue weighted by Gasteiger charge is -2.25. The average molecular weight is 1350 g/mol. The van der Waals surface area contributed by atoms with Crippen LogP contribution in [0.15, 0.2) is 78.4 Å². The normalized spacial score (nSPS) is 12.3. The molecule has 0 aliphatic heterocycles. The van der Waals surface area contributed by atoms with E-state index in [1.165, 1.54) is 6.07 Å². The minimum atomic E-state index is -0.339. The van der Waals surface area contributed by atoms with Crippen molar-refractivity contribution >= 4 is 17.0 Å². The third-order valence-electron chi connectivity index (χ3n) is 13.1. The van der Waals surface area contributed by atoms with Gasteiger partial charge in [-0.2, -0.15) is 0 Å². The summed E-state index contributed by atoms with van der Waals surface area (Å²) in [5.74, 6) is -0.339. The molecule has 0 radical (unpaired) electrons. The minimum absolute atomic E-state index is 0.0128. The quantitative estimate of drug-likeness (QED) is 0.0547. The Morgan fingerprint density at radius 1 is 0.298 bits per heavy atom. The summed E-state index contributed by atoms with van der Waals surface area (Å²) in [5.41, 5.74) is 4.76. The fourth-order valence-electron chi connectivity index (χ4n) is 8.44. The molecule has 0 saturated carbocycles. The van der Waals surface area contributed by atoms with Crippen molar-refractivity contribution in [2.24, 2.45) is 0 Å². The van der Waals surface area contributed by atoms with E-state index in [-0.39, 0.29) is 32.2 Å². The number of aliphatic hydroxyl groups excluding tert-OH is 4. The molecule has 94 heavy (non-hydrogen) atoms. The summed E-state index contributed by atoms with van der Waals surface area (Å²) in [6.07, 6.45) is 8.12. The number of nitrogens with zero attached hydrogens (tertiary/aromatic N) is 2. The first kappa shape index (κ1) is 84.3. The van der Waals surface area contributed by atoms with Crippen molar-refractivity contribution in [2.45, 2.75) is 0 Å². The standard InChI is InChI=1S/C67H112FN2O24/c68-66-4-2-1-3-65(66)67(61-5-9-63(10-6-61)69(13-21-75-29-37-83-45-53-91-57-49-87-41-33-79-25-17-71)14-22-76-30-38-84-46-54-92-58-50-88-42-34-80-26-18-72)62-7-11-64(12-8-62)70(15-23-77-31-39-85-47-55-93-59-51-89-43-35-81-27-19-73)16-24-78-32-40-86-48-56-94-60-52-90-44-36-82-28-20-74/h1-12,71-74H,13-60H2/q+1. The van der Waals surface area contributed by atoms with Crippen molar-refractivity contribution in [1.82, 2.24) is 0 Å². The first-order valence-corrected chi connectivity index (χ1v) is 32.9. The fourth-order valence-corrected chi connectivity index (χ4v) is 8.44. The Hall–Kier alpha value is -3.90. The number of hydrogen-bond acceptors (Lipinski definition) is 25. The highest BCUT2D eigenvalue weighted by molar-refractivity contribution is 6.04. The van der Waals surface area contributed by atoms with Gasteiger partial charge in [0.15, 0.2) is 18.8 Å². The smallest absolute Gasteiger partial charge is 0.200 e. The monoisotopic (exact) mass is 1350 g/mol. The van der Waals surface area contributed by atoms with E-state index in [4.69, 9.17) is 115 Å². The zero-order valence-electron chi connectivity index (χ0n) is 55.6. The van der Waals surface area contributed by atoms with Crippen LogP contribution in [0.3, 0.4) is 0 Å². The van der Waals surface area contributed by atoms with E-state index >= 15 is 4.39 Å². The van der Waals surface area contributed by atoms with Gasteiger partial charge in [0.2, 0.25) is 0 Å². The number of rotatable bonds is 71. The van der Waals surface area contributed by atoms with Crippen molar-refractivity contribution in [1.29, 1.82) is 0 Å². The van der Waals surface area contributed by atoms with Crippen LogP contribution in [0.4, 0.5) is 10.1 Å². The summed E-state index contributed by atoms with van der Waals surface area (Å²) >= 11 is 0. The van der Waals surface area contributed by atoms with Crippen molar-refractivity contribution in [3.63, 3.8) is 0 Å². The Morgan fingerprint density at radius 2 is 0.553 bits per heavy atom. The van der Waals surface area contributed by atoms with Crippen LogP contribution in [-0.4, -0.2) is 348 Å². The van der Waals surface area contributed by atoms with Crippen LogP contribution in [0.2, 0.25) is 0 Å². The molecular formula is C67H112FN2O24+. The molecule has 26 nitrogen and oxygen atoms in total. The van der Waals surface area contributed by atoms with E-state index in [1.807, 2.05) is 54.6 Å². The number of halogens is 1. The molecule has 0 fully saturated rings. The predicted molar refractivity (Wildman–Crippen MR) is 349 cm³/mol. The fraction of sp³-hybridized carbons (Fsp3) is 0.716. The third kappa shape index (κ3) is 47.1. The van der Waals surface area contributed by atoms with Crippen LogP contribution < -0.4 is 4.90 Å². The molecule has 2 aromatic carbocycles. The van der Waals surface area contributed by atoms with E-state index in [2.05, 4.69) is 9.48 Å². The molecule has 0 aromatic heterocycles. The van der Waals surface area contributed by atoms with Crippen molar-refractivity contribution in [3.8, 4) is 0 Å². The van der Waals surface area contributed by atoms with E-state index in [0.717, 1.165) is 28.1 Å². The van der Waals surface area contributed by atoms with Gasteiger partial charge in [0.25, 0.3) is 0 Å². The first-order chi connectivity index (χ1) is 46.6. The second kappa shape index (κ2) is 65.1. The zero-order chi connectivity index (χ0) is 66.8. The molecule has 0 unspecified atom stereocenters. The van der Waals surface area contributed by atoms with Crippen LogP contribution >= 0.6 is 0 Å². The van der Waals surface area contributed by atoms with Gasteiger partial charge >= 0.3 is 0 Å². The van der Waals surface area contributed by atoms with Crippen LogP contribution in [0.25, 0.3) is 5.57 Å². The molecule has 1 aliphatic rings. The Morgan fingerprint density at radius 3 is 0.830 bits per heavy atom. The second-order valence-electron chi connectivity index (χ2n) is 20.1. The number of hydrogen-bond donors (Lipinski definition) is 4. The van der Waals surface area contributed by atoms with E-state index in [9.17, 15) is 0 Å². The van der Waals surface area contributed by atoms with Gasteiger partial charge in [0, 0.05) is 36.5 Å². The zero-order valence-corrected chi connectivity index (χ0v) is 55.6. The number of allylic oxidation sites excluding steroid dienone is 5. The lowest BCUT2D eigenvalue weighted by molar-refractivity contribution is -0.532. The SMILES string of the molecule is OCCOCCOCCOCCOCCOCCN(CCOCCOCCOCCOCCOCCO)c1ccc(C(=C2C=CC(=[N+](CCOCCOCCOCCOCCOCCO)CCOCCOCCOCCOCCOCCO)C=C2)c2ccccc2F)cc1. The Labute approximate surface area is 556 Å². The van der Waals surface area contributed by atoms with Crippen LogP contribution in [-0.2, 0) is 94.7 Å². The summed E-state index contributed by atoms with van der Waals surface area (Å²) in [6, 6.07) is 14.9. The molecule has 0 atom stereocenters. The second-order valence-corrected chi connectivity index (χ2v) is 20.1. The first-order valence-electron chi connectivity index (χ1n) is 32.9. The topological polar surface area (TPSA) is 272 Å². The minimum Gasteiger partial charge on any atom is -0.394 e. The van der Waals surface area contributed by atoms with Gasteiger partial charge in [-0.15, -0.1) is 0 Å². The highest BCUT2D eigenvalue weighted by Gasteiger charge is 2.19. The van der Waals surface area contributed by atoms with E-state index < -0.39 is 0 Å². The van der Waals surface area contributed by atoms with Crippen molar-refractivity contribution < 1.29 is 124 Å². The van der Waals surface area contributed by atoms with Crippen LogP contribution in [0.5, 0.6) is 0 Å². The molecule has 0 heterocycles. The molecule has 0 saturated heterocycles. The summed E-state index contributed by atoms with van der Waals surface area (Å²) in [4.78, 5) is 2.20. The maximum Gasteiger partial charge on any atom is 0.200 e. The molecule has 3 rings (SSSR count). The molecule has 4 N–H and O–H groups in total.